The number of nitrogens with zero attached hydrogens (tertiary/aromatic N) is 1. The van der Waals surface area contributed by atoms with Gasteiger partial charge in [-0.1, -0.05) is 0 Å². The van der Waals surface area contributed by atoms with Gasteiger partial charge in [0, 0.05) is 13.0 Å². The summed E-state index contributed by atoms with van der Waals surface area (Å²) in [5.41, 5.74) is 0.905. The highest BCUT2D eigenvalue weighted by atomic mass is 19.1. The standard InChI is InChI=1S/C16H20FNO4/c1-16(2,3)22-15(20)18-4-5-21-13-7-9-6-12(19)11(17)8-10(9)14(13)18/h6,8,13-14,19H,4-5,7H2,1-3H3/t13-,14+/m1/s1. The Kier molecular flexibility index (Phi) is 3.51. The van der Waals surface area contributed by atoms with Gasteiger partial charge in [0.1, 0.15) is 5.60 Å². The van der Waals surface area contributed by atoms with Crippen LogP contribution in [0.25, 0.3) is 0 Å². The molecule has 1 aromatic rings. The number of phenolic OH excluding ortho intramolecular Hbond substituents is 1. The van der Waals surface area contributed by atoms with Crippen molar-refractivity contribution in [1.29, 1.82) is 0 Å². The highest BCUT2D eigenvalue weighted by molar-refractivity contribution is 5.69. The van der Waals surface area contributed by atoms with Gasteiger partial charge in [-0.3, -0.25) is 4.90 Å². The number of aromatic hydroxyl groups is 1. The van der Waals surface area contributed by atoms with Crippen LogP contribution in [0.3, 0.4) is 0 Å². The molecule has 1 N–H and O–H groups in total. The maximum Gasteiger partial charge on any atom is 0.410 e. The second-order valence-corrected chi connectivity index (χ2v) is 6.73. The van der Waals surface area contributed by atoms with E-state index in [2.05, 4.69) is 0 Å². The Balaban J connectivity index is 1.93. The van der Waals surface area contributed by atoms with E-state index in [1.54, 1.807) is 4.90 Å². The Morgan fingerprint density at radius 2 is 2.18 bits per heavy atom. The quantitative estimate of drug-likeness (QED) is 0.800. The molecule has 1 heterocycles. The maximum absolute atomic E-state index is 13.7. The van der Waals surface area contributed by atoms with Gasteiger partial charge in [0.15, 0.2) is 11.6 Å². The van der Waals surface area contributed by atoms with Crippen molar-refractivity contribution in [3.63, 3.8) is 0 Å². The van der Waals surface area contributed by atoms with E-state index in [4.69, 9.17) is 9.47 Å². The minimum atomic E-state index is -0.686. The number of benzene rings is 1. The lowest BCUT2D eigenvalue weighted by atomic mass is 10.0. The molecule has 0 bridgehead atoms. The van der Waals surface area contributed by atoms with Crippen LogP contribution in [-0.4, -0.2) is 41.0 Å². The molecule has 1 aliphatic carbocycles. The molecule has 6 heteroatoms. The van der Waals surface area contributed by atoms with Gasteiger partial charge in [0.25, 0.3) is 0 Å². The van der Waals surface area contributed by atoms with Crippen LogP contribution in [0.1, 0.15) is 37.9 Å². The molecule has 2 atom stereocenters. The number of hydrogen-bond donors (Lipinski definition) is 1. The van der Waals surface area contributed by atoms with Crippen molar-refractivity contribution >= 4 is 6.09 Å². The van der Waals surface area contributed by atoms with E-state index < -0.39 is 17.5 Å². The Morgan fingerprint density at radius 3 is 2.86 bits per heavy atom. The summed E-state index contributed by atoms with van der Waals surface area (Å²) in [6.07, 6.45) is -0.0998. The summed E-state index contributed by atoms with van der Waals surface area (Å²) in [5, 5.41) is 9.52. The van der Waals surface area contributed by atoms with E-state index in [9.17, 15) is 14.3 Å². The first-order chi connectivity index (χ1) is 10.3. The third kappa shape index (κ3) is 2.63. The Morgan fingerprint density at radius 1 is 1.45 bits per heavy atom. The van der Waals surface area contributed by atoms with Crippen LogP contribution >= 0.6 is 0 Å². The summed E-state index contributed by atoms with van der Waals surface area (Å²) in [4.78, 5) is 14.0. The van der Waals surface area contributed by atoms with Gasteiger partial charge in [-0.15, -0.1) is 0 Å². The van der Waals surface area contributed by atoms with Gasteiger partial charge >= 0.3 is 6.09 Å². The molecule has 3 rings (SSSR count). The number of ether oxygens (including phenoxy) is 2. The van der Waals surface area contributed by atoms with E-state index in [0.29, 0.717) is 25.1 Å². The fourth-order valence-electron chi connectivity index (χ4n) is 3.09. The van der Waals surface area contributed by atoms with Crippen LogP contribution in [0.15, 0.2) is 12.1 Å². The number of rotatable bonds is 0. The number of phenols is 1. The van der Waals surface area contributed by atoms with Crippen molar-refractivity contribution in [2.45, 2.75) is 44.9 Å². The summed E-state index contributed by atoms with van der Waals surface area (Å²) in [6, 6.07) is 2.34. The highest BCUT2D eigenvalue weighted by Gasteiger charge is 2.44. The molecule has 1 aromatic carbocycles. The van der Waals surface area contributed by atoms with Crippen molar-refractivity contribution in [2.75, 3.05) is 13.2 Å². The Labute approximate surface area is 128 Å². The largest absolute Gasteiger partial charge is 0.505 e. The van der Waals surface area contributed by atoms with E-state index in [1.165, 1.54) is 12.1 Å². The summed E-state index contributed by atoms with van der Waals surface area (Å²) in [7, 11) is 0. The lowest BCUT2D eigenvalue weighted by Crippen LogP contribution is -2.48. The van der Waals surface area contributed by atoms with Crippen LogP contribution < -0.4 is 0 Å². The first-order valence-electron chi connectivity index (χ1n) is 7.39. The highest BCUT2D eigenvalue weighted by Crippen LogP contribution is 2.42. The van der Waals surface area contributed by atoms with Crippen molar-refractivity contribution < 1.29 is 23.8 Å². The first kappa shape index (κ1) is 15.1. The lowest BCUT2D eigenvalue weighted by molar-refractivity contribution is -0.0698. The second-order valence-electron chi connectivity index (χ2n) is 6.73. The number of morpholine rings is 1. The van der Waals surface area contributed by atoms with E-state index in [-0.39, 0.29) is 17.9 Å². The first-order valence-corrected chi connectivity index (χ1v) is 7.39. The molecule has 120 valence electrons. The molecular weight excluding hydrogens is 289 g/mol. The van der Waals surface area contributed by atoms with Crippen LogP contribution in [0.5, 0.6) is 5.75 Å². The minimum Gasteiger partial charge on any atom is -0.505 e. The Bertz CT molecular complexity index is 611. The topological polar surface area (TPSA) is 59.0 Å². The molecule has 0 spiro atoms. The lowest BCUT2D eigenvalue weighted by Gasteiger charge is -2.38. The molecule has 1 amide bonds. The monoisotopic (exact) mass is 309 g/mol. The molecule has 0 radical (unpaired) electrons. The van der Waals surface area contributed by atoms with E-state index in [1.807, 2.05) is 20.8 Å². The van der Waals surface area contributed by atoms with E-state index in [0.717, 1.165) is 5.56 Å². The van der Waals surface area contributed by atoms with Crippen LogP contribution in [-0.2, 0) is 15.9 Å². The third-order valence-corrected chi connectivity index (χ3v) is 3.93. The molecule has 0 aromatic heterocycles. The zero-order valence-electron chi connectivity index (χ0n) is 12.9. The number of amides is 1. The predicted octanol–water partition coefficient (Wildman–Crippen LogP) is 2.76. The van der Waals surface area contributed by atoms with Crippen molar-refractivity contribution in [3.05, 3.63) is 29.1 Å². The van der Waals surface area contributed by atoms with Crippen molar-refractivity contribution in [2.24, 2.45) is 0 Å². The van der Waals surface area contributed by atoms with Gasteiger partial charge < -0.3 is 14.6 Å². The molecule has 5 nitrogen and oxygen atoms in total. The number of carbonyl (C=O) groups excluding carboxylic acids is 1. The molecule has 1 aliphatic heterocycles. The maximum atomic E-state index is 13.7. The third-order valence-electron chi connectivity index (χ3n) is 3.93. The average Bonchev–Trinajstić information content (AvgIpc) is 2.75. The van der Waals surface area contributed by atoms with Gasteiger partial charge in [0.05, 0.1) is 18.8 Å². The van der Waals surface area contributed by atoms with Crippen molar-refractivity contribution in [1.82, 2.24) is 4.90 Å². The minimum absolute atomic E-state index is 0.225. The number of hydrogen-bond acceptors (Lipinski definition) is 4. The fourth-order valence-corrected chi connectivity index (χ4v) is 3.09. The molecule has 22 heavy (non-hydrogen) atoms. The molecule has 0 unspecified atom stereocenters. The molecule has 1 saturated heterocycles. The number of fused-ring (bicyclic) bond motifs is 3. The predicted molar refractivity (Wildman–Crippen MR) is 77.2 cm³/mol. The fraction of sp³-hybridized carbons (Fsp3) is 0.562. The number of halogens is 1. The zero-order chi connectivity index (χ0) is 16.1. The smallest absolute Gasteiger partial charge is 0.410 e. The SMILES string of the molecule is CC(C)(C)OC(=O)N1CCO[C@@H]2Cc3cc(O)c(F)cc3[C@@H]21. The van der Waals surface area contributed by atoms with Gasteiger partial charge in [-0.25, -0.2) is 9.18 Å². The van der Waals surface area contributed by atoms with E-state index >= 15 is 0 Å². The zero-order valence-corrected chi connectivity index (χ0v) is 12.9. The summed E-state index contributed by atoms with van der Waals surface area (Å²) >= 11 is 0. The van der Waals surface area contributed by atoms with Crippen LogP contribution in [0.4, 0.5) is 9.18 Å². The second kappa shape index (κ2) is 5.12. The molecule has 0 saturated carbocycles. The summed E-state index contributed by atoms with van der Waals surface area (Å²) in [6.45, 7) is 6.25. The Hall–Kier alpha value is -1.82. The normalized spacial score (nSPS) is 23.9. The number of carbonyl (C=O) groups is 1. The van der Waals surface area contributed by atoms with Gasteiger partial charge in [-0.05, 0) is 44.0 Å². The summed E-state index contributed by atoms with van der Waals surface area (Å²) in [5.74, 6) is -1.06. The average molecular weight is 309 g/mol. The molecule has 1 fully saturated rings. The van der Waals surface area contributed by atoms with Crippen LogP contribution in [0, 0.1) is 5.82 Å². The summed E-state index contributed by atoms with van der Waals surface area (Å²) < 4.78 is 24.9. The van der Waals surface area contributed by atoms with Gasteiger partial charge in [0.2, 0.25) is 0 Å². The van der Waals surface area contributed by atoms with Crippen molar-refractivity contribution in [3.8, 4) is 5.75 Å². The van der Waals surface area contributed by atoms with Gasteiger partial charge in [-0.2, -0.15) is 0 Å². The molecule has 2 aliphatic rings. The molecular formula is C16H20FNO4. The van der Waals surface area contributed by atoms with Crippen LogP contribution in [0.2, 0.25) is 0 Å².